The molecular weight excluding hydrogens is 556 g/mol. The molecule has 1 saturated heterocycles. The van der Waals surface area contributed by atoms with Gasteiger partial charge in [-0.2, -0.15) is 0 Å². The average Bonchev–Trinajstić information content (AvgIpc) is 3.49. The maximum Gasteiger partial charge on any atom is 0.408 e. The zero-order chi connectivity index (χ0) is 31.4. The summed E-state index contributed by atoms with van der Waals surface area (Å²) in [6.07, 6.45) is -0.721. The maximum atomic E-state index is 13.8. The molecule has 42 heavy (non-hydrogen) atoms. The van der Waals surface area contributed by atoms with Crippen LogP contribution >= 0.6 is 11.3 Å². The minimum Gasteiger partial charge on any atom is -0.444 e. The van der Waals surface area contributed by atoms with E-state index >= 15 is 0 Å². The van der Waals surface area contributed by atoms with Crippen molar-refractivity contribution in [1.82, 2.24) is 20.5 Å². The van der Waals surface area contributed by atoms with Crippen LogP contribution in [-0.4, -0.2) is 75.1 Å². The van der Waals surface area contributed by atoms with Gasteiger partial charge in [0.05, 0.1) is 28.2 Å². The minimum absolute atomic E-state index is 0.00625. The Balaban J connectivity index is 1.66. The van der Waals surface area contributed by atoms with Crippen LogP contribution < -0.4 is 10.6 Å². The van der Waals surface area contributed by atoms with Gasteiger partial charge in [0.25, 0.3) is 0 Å². The topological polar surface area (TPSA) is 138 Å². The highest BCUT2D eigenvalue weighted by Gasteiger charge is 2.44. The van der Waals surface area contributed by atoms with Crippen LogP contribution in [-0.2, 0) is 25.5 Å². The second kappa shape index (κ2) is 13.3. The van der Waals surface area contributed by atoms with Crippen molar-refractivity contribution in [3.05, 3.63) is 41.0 Å². The highest BCUT2D eigenvalue weighted by atomic mass is 32.1. The minimum atomic E-state index is -0.990. The Hall–Kier alpha value is -3.31. The van der Waals surface area contributed by atoms with E-state index in [1.54, 1.807) is 32.1 Å². The van der Waals surface area contributed by atoms with Crippen molar-refractivity contribution in [2.45, 2.75) is 104 Å². The number of β-amino-alcohol motifs (C(OH)–C–C–N with tert-alkyl or cyclic N) is 1. The third kappa shape index (κ3) is 8.84. The van der Waals surface area contributed by atoms with E-state index in [1.165, 1.54) is 11.8 Å². The normalized spacial score (nSPS) is 18.7. The number of likely N-dealkylation sites (tertiary alicyclic amines) is 1. The van der Waals surface area contributed by atoms with E-state index < -0.39 is 53.2 Å². The SMILES string of the molecule is Cc1ncsc1-c1ccc(CCC(=O)[C@@H]2C[C@@H](O)CN2C(=O)[C@@H](NC(=O)[C@H](C)NC(=O)OC(C)(C)C)C(C)(C)C)cc1. The Kier molecular flexibility index (Phi) is 10.5. The third-order valence-electron chi connectivity index (χ3n) is 7.08. The molecule has 10 nitrogen and oxygen atoms in total. The highest BCUT2D eigenvalue weighted by molar-refractivity contribution is 7.13. The number of Topliss-reactive ketones (excluding diaryl/α,β-unsaturated/α-hetero) is 1. The zero-order valence-electron chi connectivity index (χ0n) is 25.8. The Labute approximate surface area is 252 Å². The standard InChI is InChI=1S/C31H44N4O6S/c1-18-25(42-17-32-18)21-12-9-20(10-13-21)11-14-24(37)23-15-22(36)16-35(23)28(39)26(30(3,4)5)34-27(38)19(2)33-29(40)41-31(6,7)8/h9-10,12-13,17,19,22-23,26,36H,11,14-16H2,1-8H3,(H,33,40)(H,34,38)/t19-,22+,23-,26+/m0/s1. The van der Waals surface area contributed by atoms with Gasteiger partial charge in [-0.1, -0.05) is 45.0 Å². The lowest BCUT2D eigenvalue weighted by Crippen LogP contribution is -2.59. The molecule has 0 spiro atoms. The number of carbonyl (C=O) groups is 4. The molecule has 3 N–H and O–H groups in total. The highest BCUT2D eigenvalue weighted by Crippen LogP contribution is 2.29. The van der Waals surface area contributed by atoms with Crippen LogP contribution in [0, 0.1) is 12.3 Å². The first kappa shape index (κ1) is 33.2. The van der Waals surface area contributed by atoms with Crippen molar-refractivity contribution in [2.24, 2.45) is 5.41 Å². The molecule has 0 saturated carbocycles. The van der Waals surface area contributed by atoms with Crippen molar-refractivity contribution >= 4 is 35.0 Å². The zero-order valence-corrected chi connectivity index (χ0v) is 26.6. The predicted octanol–water partition coefficient (Wildman–Crippen LogP) is 4.03. The maximum absolute atomic E-state index is 13.8. The number of ether oxygens (including phenoxy) is 1. The van der Waals surface area contributed by atoms with Crippen molar-refractivity contribution in [3.63, 3.8) is 0 Å². The summed E-state index contributed by atoms with van der Waals surface area (Å²) in [5.41, 5.74) is 3.43. The van der Waals surface area contributed by atoms with Crippen LogP contribution in [0.3, 0.4) is 0 Å². The number of carbonyl (C=O) groups excluding carboxylic acids is 4. The van der Waals surface area contributed by atoms with Crippen LogP contribution in [0.1, 0.15) is 72.6 Å². The van der Waals surface area contributed by atoms with Crippen LogP contribution in [0.25, 0.3) is 10.4 Å². The van der Waals surface area contributed by atoms with Gasteiger partial charge in [-0.3, -0.25) is 14.4 Å². The van der Waals surface area contributed by atoms with Gasteiger partial charge in [-0.05, 0) is 57.6 Å². The number of alkyl carbamates (subject to hydrolysis) is 1. The molecule has 1 aliphatic rings. The fourth-order valence-electron chi connectivity index (χ4n) is 4.83. The van der Waals surface area contributed by atoms with Crippen LogP contribution in [0.5, 0.6) is 0 Å². The van der Waals surface area contributed by atoms with E-state index in [2.05, 4.69) is 15.6 Å². The molecule has 2 aromatic rings. The summed E-state index contributed by atoms with van der Waals surface area (Å²) in [4.78, 5) is 59.1. The lowest BCUT2D eigenvalue weighted by molar-refractivity contribution is -0.143. The number of hydrogen-bond donors (Lipinski definition) is 3. The van der Waals surface area contributed by atoms with Crippen LogP contribution in [0.2, 0.25) is 0 Å². The summed E-state index contributed by atoms with van der Waals surface area (Å²) in [6.45, 7) is 14.1. The number of thiazole rings is 1. The Morgan fingerprint density at radius 1 is 1.10 bits per heavy atom. The van der Waals surface area contributed by atoms with E-state index in [0.29, 0.717) is 6.42 Å². The van der Waals surface area contributed by atoms with Gasteiger partial charge in [0.1, 0.15) is 17.7 Å². The summed E-state index contributed by atoms with van der Waals surface area (Å²) in [6, 6.07) is 5.28. The number of aliphatic hydroxyl groups excluding tert-OH is 1. The number of benzene rings is 1. The molecule has 2 heterocycles. The quantitative estimate of drug-likeness (QED) is 0.395. The molecule has 4 atom stereocenters. The second-order valence-corrected chi connectivity index (χ2v) is 13.9. The van der Waals surface area contributed by atoms with Gasteiger partial charge < -0.3 is 25.4 Å². The van der Waals surface area contributed by atoms with Crippen molar-refractivity contribution in [3.8, 4) is 10.4 Å². The lowest BCUT2D eigenvalue weighted by Gasteiger charge is -2.36. The molecule has 11 heteroatoms. The Morgan fingerprint density at radius 2 is 1.74 bits per heavy atom. The van der Waals surface area contributed by atoms with Crippen LogP contribution in [0.15, 0.2) is 29.8 Å². The molecule has 0 aliphatic carbocycles. The smallest absolute Gasteiger partial charge is 0.408 e. The summed E-state index contributed by atoms with van der Waals surface area (Å²) in [7, 11) is 0. The molecule has 1 fully saturated rings. The number of nitrogens with one attached hydrogen (secondary N) is 2. The molecule has 1 aromatic heterocycles. The molecule has 230 valence electrons. The average molecular weight is 601 g/mol. The molecule has 3 amide bonds. The number of rotatable bonds is 9. The number of nitrogens with zero attached hydrogens (tertiary/aromatic N) is 2. The van der Waals surface area contributed by atoms with E-state index in [0.717, 1.165) is 21.7 Å². The fraction of sp³-hybridized carbons (Fsp3) is 0.581. The molecular formula is C31H44N4O6S. The fourth-order valence-corrected chi connectivity index (χ4v) is 5.64. The first-order chi connectivity index (χ1) is 19.5. The third-order valence-corrected chi connectivity index (χ3v) is 8.06. The summed E-state index contributed by atoms with van der Waals surface area (Å²) in [5, 5.41) is 15.7. The molecule has 1 aromatic carbocycles. The number of ketones is 1. The van der Waals surface area contributed by atoms with Gasteiger partial charge in [0, 0.05) is 19.4 Å². The molecule has 3 rings (SSSR count). The number of aryl methyl sites for hydroxylation is 2. The van der Waals surface area contributed by atoms with Gasteiger partial charge >= 0.3 is 6.09 Å². The molecule has 0 unspecified atom stereocenters. The van der Waals surface area contributed by atoms with E-state index in [-0.39, 0.29) is 25.2 Å². The van der Waals surface area contributed by atoms with Crippen molar-refractivity contribution < 1.29 is 29.0 Å². The van der Waals surface area contributed by atoms with Gasteiger partial charge in [-0.15, -0.1) is 11.3 Å². The Bertz CT molecular complexity index is 1280. The summed E-state index contributed by atoms with van der Waals surface area (Å²) < 4.78 is 5.22. The lowest BCUT2D eigenvalue weighted by atomic mass is 9.85. The molecule has 0 bridgehead atoms. The summed E-state index contributed by atoms with van der Waals surface area (Å²) in [5.74, 6) is -1.14. The number of hydrogen-bond acceptors (Lipinski definition) is 8. The molecule has 0 radical (unpaired) electrons. The van der Waals surface area contributed by atoms with Crippen LogP contribution in [0.4, 0.5) is 4.79 Å². The Morgan fingerprint density at radius 3 is 2.29 bits per heavy atom. The predicted molar refractivity (Wildman–Crippen MR) is 162 cm³/mol. The van der Waals surface area contributed by atoms with Crippen molar-refractivity contribution in [2.75, 3.05) is 6.54 Å². The van der Waals surface area contributed by atoms with E-state index in [9.17, 15) is 24.3 Å². The monoisotopic (exact) mass is 600 g/mol. The van der Waals surface area contributed by atoms with Gasteiger partial charge in [0.2, 0.25) is 11.8 Å². The number of aliphatic hydroxyl groups is 1. The summed E-state index contributed by atoms with van der Waals surface area (Å²) >= 11 is 1.58. The first-order valence-electron chi connectivity index (χ1n) is 14.3. The molecule has 1 aliphatic heterocycles. The first-order valence-corrected chi connectivity index (χ1v) is 15.1. The second-order valence-electron chi connectivity index (χ2n) is 13.0. The number of aromatic nitrogens is 1. The van der Waals surface area contributed by atoms with Gasteiger partial charge in [-0.25, -0.2) is 9.78 Å². The van der Waals surface area contributed by atoms with Gasteiger partial charge in [0.15, 0.2) is 5.78 Å². The van der Waals surface area contributed by atoms with Crippen molar-refractivity contribution in [1.29, 1.82) is 0 Å². The van der Waals surface area contributed by atoms with E-state index in [4.69, 9.17) is 4.74 Å². The van der Waals surface area contributed by atoms with E-state index in [1.807, 2.05) is 57.5 Å². The largest absolute Gasteiger partial charge is 0.444 e. The number of amides is 3.